The van der Waals surface area contributed by atoms with Crippen molar-refractivity contribution in [2.45, 2.75) is 6.42 Å². The van der Waals surface area contributed by atoms with E-state index in [0.717, 1.165) is 16.8 Å². The van der Waals surface area contributed by atoms with Gasteiger partial charge in [-0.05, 0) is 29.8 Å². The summed E-state index contributed by atoms with van der Waals surface area (Å²) in [5.41, 5.74) is 3.34. The smallest absolute Gasteiger partial charge is 0.264 e. The monoisotopic (exact) mass is 383 g/mol. The van der Waals surface area contributed by atoms with E-state index in [9.17, 15) is 14.0 Å². The van der Waals surface area contributed by atoms with Crippen molar-refractivity contribution in [2.24, 2.45) is 0 Å². The van der Waals surface area contributed by atoms with Crippen molar-refractivity contribution in [3.8, 4) is 17.0 Å². The van der Waals surface area contributed by atoms with Crippen LogP contribution in [0.4, 0.5) is 15.2 Å². The van der Waals surface area contributed by atoms with Gasteiger partial charge in [-0.25, -0.2) is 9.37 Å². The van der Waals surface area contributed by atoms with E-state index in [1.807, 2.05) is 23.6 Å². The Labute approximate surface area is 158 Å². The maximum Gasteiger partial charge on any atom is 0.264 e. The molecule has 0 saturated carbocycles. The fourth-order valence-corrected chi connectivity index (χ4v) is 3.45. The van der Waals surface area contributed by atoms with Crippen molar-refractivity contribution < 1.29 is 18.7 Å². The lowest BCUT2D eigenvalue weighted by Gasteiger charge is -2.05. The number of hydrogen-bond donors (Lipinski definition) is 2. The van der Waals surface area contributed by atoms with Crippen LogP contribution >= 0.6 is 11.3 Å². The number of thiazole rings is 1. The number of nitrogens with one attached hydrogen (secondary N) is 2. The van der Waals surface area contributed by atoms with Gasteiger partial charge >= 0.3 is 0 Å². The van der Waals surface area contributed by atoms with E-state index in [-0.39, 0.29) is 24.2 Å². The normalized spacial score (nSPS) is 12.4. The molecule has 4 rings (SSSR count). The third kappa shape index (κ3) is 3.95. The molecule has 2 heterocycles. The Morgan fingerprint density at radius 1 is 1.30 bits per heavy atom. The fourth-order valence-electron chi connectivity index (χ4n) is 2.71. The summed E-state index contributed by atoms with van der Waals surface area (Å²) < 4.78 is 18.4. The molecule has 1 aliphatic heterocycles. The quantitative estimate of drug-likeness (QED) is 0.707. The number of amides is 2. The van der Waals surface area contributed by atoms with E-state index in [1.165, 1.54) is 29.5 Å². The highest BCUT2D eigenvalue weighted by Crippen LogP contribution is 2.30. The van der Waals surface area contributed by atoms with Crippen molar-refractivity contribution in [3.63, 3.8) is 0 Å². The number of carbonyl (C=O) groups excluding carboxylic acids is 2. The Morgan fingerprint density at radius 2 is 2.19 bits per heavy atom. The van der Waals surface area contributed by atoms with Gasteiger partial charge in [-0.15, -0.1) is 11.3 Å². The summed E-state index contributed by atoms with van der Waals surface area (Å²) in [5, 5.41) is 7.71. The van der Waals surface area contributed by atoms with Crippen LogP contribution in [0.3, 0.4) is 0 Å². The Kier molecular flexibility index (Phi) is 4.55. The molecule has 2 aromatic carbocycles. The molecule has 27 heavy (non-hydrogen) atoms. The van der Waals surface area contributed by atoms with E-state index in [1.54, 1.807) is 6.07 Å². The van der Waals surface area contributed by atoms with Crippen molar-refractivity contribution in [1.82, 2.24) is 4.98 Å². The minimum absolute atomic E-state index is 0.0216. The predicted octanol–water partition coefficient (Wildman–Crippen LogP) is 3.46. The van der Waals surface area contributed by atoms with Crippen molar-refractivity contribution in [1.29, 1.82) is 0 Å². The van der Waals surface area contributed by atoms with Crippen molar-refractivity contribution >= 4 is 34.0 Å². The second-order valence-corrected chi connectivity index (χ2v) is 6.79. The summed E-state index contributed by atoms with van der Waals surface area (Å²) in [5.74, 6) is -0.550. The first kappa shape index (κ1) is 17.2. The van der Waals surface area contributed by atoms with Crippen LogP contribution in [-0.4, -0.2) is 23.4 Å². The van der Waals surface area contributed by atoms with Gasteiger partial charge in [-0.3, -0.25) is 14.9 Å². The fraction of sp³-hybridized carbons (Fsp3) is 0.105. The average Bonchev–Trinajstić information content (AvgIpc) is 3.25. The third-order valence-electron chi connectivity index (χ3n) is 3.94. The number of nitrogens with zero attached hydrogens (tertiary/aromatic N) is 1. The average molecular weight is 383 g/mol. The molecule has 3 aromatic rings. The number of hydrogen-bond acceptors (Lipinski definition) is 5. The summed E-state index contributed by atoms with van der Waals surface area (Å²) in [6, 6.07) is 11.2. The number of rotatable bonds is 5. The zero-order chi connectivity index (χ0) is 18.8. The molecular weight excluding hydrogens is 369 g/mol. The Hall–Kier alpha value is -3.26. The zero-order valence-corrected chi connectivity index (χ0v) is 14.8. The van der Waals surface area contributed by atoms with Crippen LogP contribution in [0.1, 0.15) is 5.56 Å². The largest absolute Gasteiger partial charge is 0.484 e. The van der Waals surface area contributed by atoms with E-state index < -0.39 is 5.82 Å². The lowest BCUT2D eigenvalue weighted by atomic mass is 10.1. The van der Waals surface area contributed by atoms with Gasteiger partial charge in [0, 0.05) is 22.7 Å². The summed E-state index contributed by atoms with van der Waals surface area (Å²) >= 11 is 1.29. The number of ether oxygens (including phenoxy) is 1. The molecule has 0 unspecified atom stereocenters. The summed E-state index contributed by atoms with van der Waals surface area (Å²) in [7, 11) is 0. The van der Waals surface area contributed by atoms with Gasteiger partial charge in [0.05, 0.1) is 12.1 Å². The highest BCUT2D eigenvalue weighted by molar-refractivity contribution is 7.14. The van der Waals surface area contributed by atoms with E-state index in [2.05, 4.69) is 15.6 Å². The topological polar surface area (TPSA) is 80.3 Å². The second-order valence-electron chi connectivity index (χ2n) is 5.93. The van der Waals surface area contributed by atoms with Crippen LogP contribution in [0, 0.1) is 5.82 Å². The Balaban J connectivity index is 1.39. The lowest BCUT2D eigenvalue weighted by molar-refractivity contribution is -0.118. The third-order valence-corrected chi connectivity index (χ3v) is 4.70. The number of fused-ring (bicyclic) bond motifs is 1. The van der Waals surface area contributed by atoms with Gasteiger partial charge in [0.1, 0.15) is 11.6 Å². The van der Waals surface area contributed by atoms with E-state index in [4.69, 9.17) is 4.74 Å². The van der Waals surface area contributed by atoms with Crippen LogP contribution in [0.15, 0.2) is 47.8 Å². The number of anilines is 2. The predicted molar refractivity (Wildman–Crippen MR) is 100 cm³/mol. The number of aromatic nitrogens is 1. The van der Waals surface area contributed by atoms with Crippen LogP contribution in [0.5, 0.6) is 5.75 Å². The van der Waals surface area contributed by atoms with Crippen LogP contribution in [0.25, 0.3) is 11.3 Å². The van der Waals surface area contributed by atoms with Gasteiger partial charge in [-0.2, -0.15) is 0 Å². The molecule has 2 amide bonds. The molecule has 0 bridgehead atoms. The molecule has 0 fully saturated rings. The number of halogens is 1. The number of carbonyl (C=O) groups is 2. The Bertz CT molecular complexity index is 1030. The molecule has 1 aromatic heterocycles. The Morgan fingerprint density at radius 3 is 3.04 bits per heavy atom. The first-order valence-electron chi connectivity index (χ1n) is 8.14. The standard InChI is InChI=1S/C19H14FN3O3S/c20-13-2-1-3-14(8-13)26-9-18(25)23-19-22-16(10-27-19)11-4-5-15-12(6-11)7-17(24)21-15/h1-6,8,10H,7,9H2,(H,21,24)(H,22,23,25). The molecule has 6 nitrogen and oxygen atoms in total. The number of benzene rings is 2. The summed E-state index contributed by atoms with van der Waals surface area (Å²) in [6.07, 6.45) is 0.355. The SMILES string of the molecule is O=C(COc1cccc(F)c1)Nc1nc(-c2ccc3c(c2)CC(=O)N3)cs1. The minimum Gasteiger partial charge on any atom is -0.484 e. The highest BCUT2D eigenvalue weighted by Gasteiger charge is 2.18. The second kappa shape index (κ2) is 7.16. The molecule has 2 N–H and O–H groups in total. The first-order chi connectivity index (χ1) is 13.1. The molecule has 0 atom stereocenters. The molecular formula is C19H14FN3O3S. The van der Waals surface area contributed by atoms with Gasteiger partial charge in [0.25, 0.3) is 5.91 Å². The first-order valence-corrected chi connectivity index (χ1v) is 9.02. The van der Waals surface area contributed by atoms with Crippen LogP contribution in [-0.2, 0) is 16.0 Å². The van der Waals surface area contributed by atoms with Gasteiger partial charge in [0.15, 0.2) is 11.7 Å². The molecule has 0 aliphatic carbocycles. The molecule has 0 radical (unpaired) electrons. The summed E-state index contributed by atoms with van der Waals surface area (Å²) in [6.45, 7) is -0.245. The van der Waals surface area contributed by atoms with Gasteiger partial charge < -0.3 is 10.1 Å². The van der Waals surface area contributed by atoms with Crippen LogP contribution in [0.2, 0.25) is 0 Å². The molecule has 0 spiro atoms. The van der Waals surface area contributed by atoms with E-state index in [0.29, 0.717) is 17.2 Å². The van der Waals surface area contributed by atoms with Crippen molar-refractivity contribution in [2.75, 3.05) is 17.2 Å². The van der Waals surface area contributed by atoms with Crippen molar-refractivity contribution in [3.05, 3.63) is 59.2 Å². The van der Waals surface area contributed by atoms with Gasteiger partial charge in [0.2, 0.25) is 5.91 Å². The summed E-state index contributed by atoms with van der Waals surface area (Å²) in [4.78, 5) is 27.8. The molecule has 0 saturated heterocycles. The zero-order valence-electron chi connectivity index (χ0n) is 14.0. The molecule has 1 aliphatic rings. The maximum absolute atomic E-state index is 13.1. The maximum atomic E-state index is 13.1. The minimum atomic E-state index is -0.427. The molecule has 8 heteroatoms. The van der Waals surface area contributed by atoms with Crippen LogP contribution < -0.4 is 15.4 Å². The lowest BCUT2D eigenvalue weighted by Crippen LogP contribution is -2.20. The van der Waals surface area contributed by atoms with E-state index >= 15 is 0 Å². The van der Waals surface area contributed by atoms with Gasteiger partial charge in [-0.1, -0.05) is 12.1 Å². The highest BCUT2D eigenvalue weighted by atomic mass is 32.1. The molecule has 136 valence electrons.